The van der Waals surface area contributed by atoms with Gasteiger partial charge < -0.3 is 10.4 Å². The molecule has 0 radical (unpaired) electrons. The minimum atomic E-state index is -0.0848. The summed E-state index contributed by atoms with van der Waals surface area (Å²) in [5.41, 5.74) is 1.34. The number of nitrogens with zero attached hydrogens (tertiary/aromatic N) is 1. The molecule has 1 amide bonds. The summed E-state index contributed by atoms with van der Waals surface area (Å²) in [5.74, 6) is -0.0848. The van der Waals surface area contributed by atoms with Crippen LogP contribution in [0.1, 0.15) is 29.4 Å². The highest BCUT2D eigenvalue weighted by Crippen LogP contribution is 2.02. The van der Waals surface area contributed by atoms with Crippen LogP contribution in [-0.4, -0.2) is 29.1 Å². The fraction of sp³-hybridized carbons (Fsp3) is 0.455. The summed E-state index contributed by atoms with van der Waals surface area (Å²) in [6, 6.07) is 3.38. The minimum absolute atomic E-state index is 0.0486. The molecule has 1 aromatic rings. The summed E-state index contributed by atoms with van der Waals surface area (Å²) in [7, 11) is 0. The number of nitrogens with one attached hydrogen (secondary N) is 1. The number of amides is 1. The third-order valence-corrected chi connectivity index (χ3v) is 1.98. The van der Waals surface area contributed by atoms with Crippen molar-refractivity contribution in [2.24, 2.45) is 0 Å². The fourth-order valence-electron chi connectivity index (χ4n) is 1.21. The summed E-state index contributed by atoms with van der Waals surface area (Å²) < 4.78 is 0. The van der Waals surface area contributed by atoms with Gasteiger partial charge in [0.25, 0.3) is 5.91 Å². The van der Waals surface area contributed by atoms with E-state index >= 15 is 0 Å². The molecule has 2 N–H and O–H groups in total. The fourth-order valence-corrected chi connectivity index (χ4v) is 1.21. The number of hydrogen-bond acceptors (Lipinski definition) is 3. The van der Waals surface area contributed by atoms with E-state index in [-0.39, 0.29) is 12.5 Å². The standard InChI is InChI=1S/C11H16N2O2/c1-2-5-13-11(15)9-3-6-12-10(8-9)4-7-14/h3,6,8,14H,2,4-5,7H2,1H3,(H,13,15). The zero-order chi connectivity index (χ0) is 11.1. The number of hydrogen-bond donors (Lipinski definition) is 2. The summed E-state index contributed by atoms with van der Waals surface area (Å²) in [5, 5.41) is 11.5. The van der Waals surface area contributed by atoms with Crippen LogP contribution in [0.3, 0.4) is 0 Å². The van der Waals surface area contributed by atoms with Crippen molar-refractivity contribution in [3.63, 3.8) is 0 Å². The molecule has 0 fully saturated rings. The Balaban J connectivity index is 2.67. The highest BCUT2D eigenvalue weighted by molar-refractivity contribution is 5.94. The number of rotatable bonds is 5. The molecule has 4 nitrogen and oxygen atoms in total. The Labute approximate surface area is 89.3 Å². The normalized spacial score (nSPS) is 10.0. The van der Waals surface area contributed by atoms with Crippen LogP contribution in [0.25, 0.3) is 0 Å². The van der Waals surface area contributed by atoms with Gasteiger partial charge in [0.2, 0.25) is 0 Å². The van der Waals surface area contributed by atoms with Crippen LogP contribution < -0.4 is 5.32 Å². The molecule has 0 aromatic carbocycles. The predicted molar refractivity (Wildman–Crippen MR) is 57.7 cm³/mol. The number of carbonyl (C=O) groups excluding carboxylic acids is 1. The molecule has 0 aliphatic carbocycles. The van der Waals surface area contributed by atoms with E-state index in [4.69, 9.17) is 5.11 Å². The maximum Gasteiger partial charge on any atom is 0.251 e. The van der Waals surface area contributed by atoms with Gasteiger partial charge in [-0.05, 0) is 18.6 Å². The van der Waals surface area contributed by atoms with Crippen LogP contribution in [0.15, 0.2) is 18.3 Å². The zero-order valence-corrected chi connectivity index (χ0v) is 8.86. The van der Waals surface area contributed by atoms with Crippen molar-refractivity contribution in [2.75, 3.05) is 13.2 Å². The summed E-state index contributed by atoms with van der Waals surface area (Å²) >= 11 is 0. The molecular formula is C11H16N2O2. The first-order valence-electron chi connectivity index (χ1n) is 5.12. The smallest absolute Gasteiger partial charge is 0.251 e. The second-order valence-electron chi connectivity index (χ2n) is 3.27. The van der Waals surface area contributed by atoms with Gasteiger partial charge in [0.15, 0.2) is 0 Å². The lowest BCUT2D eigenvalue weighted by atomic mass is 10.2. The van der Waals surface area contributed by atoms with Crippen molar-refractivity contribution in [1.82, 2.24) is 10.3 Å². The van der Waals surface area contributed by atoms with Gasteiger partial charge in [0.1, 0.15) is 0 Å². The van der Waals surface area contributed by atoms with Crippen molar-refractivity contribution >= 4 is 5.91 Å². The molecule has 0 aliphatic rings. The molecule has 0 saturated carbocycles. The number of pyridine rings is 1. The number of aliphatic hydroxyl groups excluding tert-OH is 1. The van der Waals surface area contributed by atoms with Crippen LogP contribution >= 0.6 is 0 Å². The Morgan fingerprint density at radius 3 is 3.07 bits per heavy atom. The lowest BCUT2D eigenvalue weighted by molar-refractivity contribution is 0.0953. The summed E-state index contributed by atoms with van der Waals surface area (Å²) in [6.07, 6.45) is 2.99. The average Bonchev–Trinajstić information content (AvgIpc) is 2.27. The molecule has 15 heavy (non-hydrogen) atoms. The van der Waals surface area contributed by atoms with Crippen molar-refractivity contribution in [3.8, 4) is 0 Å². The number of carbonyl (C=O) groups is 1. The van der Waals surface area contributed by atoms with E-state index in [0.717, 1.165) is 12.1 Å². The first-order valence-corrected chi connectivity index (χ1v) is 5.12. The molecule has 4 heteroatoms. The van der Waals surface area contributed by atoms with E-state index in [1.165, 1.54) is 0 Å². The molecule has 0 saturated heterocycles. The molecule has 0 atom stereocenters. The lowest BCUT2D eigenvalue weighted by Crippen LogP contribution is -2.24. The number of aromatic nitrogens is 1. The Bertz CT molecular complexity index is 326. The van der Waals surface area contributed by atoms with Gasteiger partial charge in [-0.1, -0.05) is 6.92 Å². The predicted octanol–water partition coefficient (Wildman–Crippen LogP) is 0.756. The maximum absolute atomic E-state index is 11.6. The average molecular weight is 208 g/mol. The van der Waals surface area contributed by atoms with Crippen LogP contribution in [0.5, 0.6) is 0 Å². The van der Waals surface area contributed by atoms with E-state index < -0.39 is 0 Å². The minimum Gasteiger partial charge on any atom is -0.396 e. The Kier molecular flexibility index (Phi) is 4.77. The third-order valence-electron chi connectivity index (χ3n) is 1.98. The topological polar surface area (TPSA) is 62.2 Å². The van der Waals surface area contributed by atoms with Gasteiger partial charge in [-0.15, -0.1) is 0 Å². The first kappa shape index (κ1) is 11.7. The zero-order valence-electron chi connectivity index (χ0n) is 8.86. The maximum atomic E-state index is 11.6. The van der Waals surface area contributed by atoms with Crippen LogP contribution in [0, 0.1) is 0 Å². The van der Waals surface area contributed by atoms with E-state index in [2.05, 4.69) is 10.3 Å². The second kappa shape index (κ2) is 6.14. The van der Waals surface area contributed by atoms with Crippen molar-refractivity contribution in [1.29, 1.82) is 0 Å². The highest BCUT2D eigenvalue weighted by Gasteiger charge is 2.05. The highest BCUT2D eigenvalue weighted by atomic mass is 16.3. The third kappa shape index (κ3) is 3.67. The van der Waals surface area contributed by atoms with E-state index in [9.17, 15) is 4.79 Å². The van der Waals surface area contributed by atoms with Gasteiger partial charge in [-0.3, -0.25) is 9.78 Å². The van der Waals surface area contributed by atoms with Crippen LogP contribution in [0.4, 0.5) is 0 Å². The molecule has 1 heterocycles. The monoisotopic (exact) mass is 208 g/mol. The van der Waals surface area contributed by atoms with Gasteiger partial charge >= 0.3 is 0 Å². The molecule has 0 unspecified atom stereocenters. The van der Waals surface area contributed by atoms with Crippen molar-refractivity contribution in [2.45, 2.75) is 19.8 Å². The van der Waals surface area contributed by atoms with Gasteiger partial charge in [-0.2, -0.15) is 0 Å². The van der Waals surface area contributed by atoms with Gasteiger partial charge in [-0.25, -0.2) is 0 Å². The first-order chi connectivity index (χ1) is 7.27. The molecule has 1 rings (SSSR count). The van der Waals surface area contributed by atoms with Crippen LogP contribution in [0.2, 0.25) is 0 Å². The largest absolute Gasteiger partial charge is 0.396 e. The lowest BCUT2D eigenvalue weighted by Gasteiger charge is -2.04. The number of aliphatic hydroxyl groups is 1. The van der Waals surface area contributed by atoms with Crippen molar-refractivity contribution < 1.29 is 9.90 Å². The Hall–Kier alpha value is -1.42. The molecule has 1 aromatic heterocycles. The van der Waals surface area contributed by atoms with Crippen molar-refractivity contribution in [3.05, 3.63) is 29.6 Å². The van der Waals surface area contributed by atoms with E-state index in [1.54, 1.807) is 18.3 Å². The summed E-state index contributed by atoms with van der Waals surface area (Å²) in [6.45, 7) is 2.73. The molecular weight excluding hydrogens is 192 g/mol. The SMILES string of the molecule is CCCNC(=O)c1ccnc(CCO)c1. The van der Waals surface area contributed by atoms with E-state index in [0.29, 0.717) is 18.5 Å². The molecule has 0 bridgehead atoms. The second-order valence-corrected chi connectivity index (χ2v) is 3.27. The Morgan fingerprint density at radius 1 is 1.60 bits per heavy atom. The Morgan fingerprint density at radius 2 is 2.40 bits per heavy atom. The molecule has 82 valence electrons. The van der Waals surface area contributed by atoms with Gasteiger partial charge in [0, 0.05) is 37.0 Å². The quantitative estimate of drug-likeness (QED) is 0.750. The van der Waals surface area contributed by atoms with Crippen LogP contribution in [-0.2, 0) is 6.42 Å². The van der Waals surface area contributed by atoms with E-state index in [1.807, 2.05) is 6.92 Å². The summed E-state index contributed by atoms with van der Waals surface area (Å²) in [4.78, 5) is 15.6. The molecule has 0 spiro atoms. The molecule has 0 aliphatic heterocycles. The van der Waals surface area contributed by atoms with Gasteiger partial charge in [0.05, 0.1) is 0 Å².